The molecule has 0 saturated carbocycles. The number of hydrogen-bond donors (Lipinski definition) is 1. The summed E-state index contributed by atoms with van der Waals surface area (Å²) in [6.07, 6.45) is 2.99. The molecule has 2 bridgehead atoms. The van der Waals surface area contributed by atoms with E-state index in [4.69, 9.17) is 0 Å². The quantitative estimate of drug-likeness (QED) is 0.945. The highest BCUT2D eigenvalue weighted by Crippen LogP contribution is 2.29. The lowest BCUT2D eigenvalue weighted by Gasteiger charge is -2.22. The molecule has 0 aromatic carbocycles. The summed E-state index contributed by atoms with van der Waals surface area (Å²) < 4.78 is 0. The van der Waals surface area contributed by atoms with Crippen molar-refractivity contribution in [3.05, 3.63) is 41.4 Å². The Balaban J connectivity index is 1.47. The third-order valence-electron chi connectivity index (χ3n) is 4.40. The van der Waals surface area contributed by atoms with Crippen molar-refractivity contribution in [1.82, 2.24) is 15.2 Å². The van der Waals surface area contributed by atoms with Crippen LogP contribution in [0.25, 0.3) is 10.6 Å². The second-order valence-corrected chi connectivity index (χ2v) is 6.85. The summed E-state index contributed by atoms with van der Waals surface area (Å²) in [5.41, 5.74) is 0.924. The van der Waals surface area contributed by atoms with Gasteiger partial charge in [0.25, 0.3) is 5.91 Å². The number of carbonyl (C=O) groups is 1. The molecular weight excluding hydrogens is 282 g/mol. The molecule has 2 aliphatic heterocycles. The zero-order valence-corrected chi connectivity index (χ0v) is 12.5. The maximum atomic E-state index is 12.4. The van der Waals surface area contributed by atoms with Gasteiger partial charge >= 0.3 is 0 Å². The molecule has 21 heavy (non-hydrogen) atoms. The van der Waals surface area contributed by atoms with E-state index in [1.807, 2.05) is 30.3 Å². The van der Waals surface area contributed by atoms with Crippen molar-refractivity contribution in [2.45, 2.75) is 12.5 Å². The first-order valence-electron chi connectivity index (χ1n) is 7.34. The second kappa shape index (κ2) is 5.24. The van der Waals surface area contributed by atoms with E-state index in [-0.39, 0.29) is 5.91 Å². The largest absolute Gasteiger partial charge is 0.347 e. The molecule has 2 saturated heterocycles. The van der Waals surface area contributed by atoms with E-state index in [0.29, 0.717) is 12.0 Å². The number of rotatable bonds is 3. The lowest BCUT2D eigenvalue weighted by molar-refractivity contribution is 0.0928. The highest BCUT2D eigenvalue weighted by Gasteiger charge is 2.38. The number of carbonyl (C=O) groups excluding carboxylic acids is 1. The molecular formula is C16H17N3OS. The lowest BCUT2D eigenvalue weighted by Crippen LogP contribution is -2.42. The van der Waals surface area contributed by atoms with E-state index in [9.17, 15) is 4.79 Å². The predicted molar refractivity (Wildman–Crippen MR) is 83.4 cm³/mol. The van der Waals surface area contributed by atoms with Crippen LogP contribution in [0.1, 0.15) is 16.1 Å². The van der Waals surface area contributed by atoms with Gasteiger partial charge in [-0.2, -0.15) is 0 Å². The van der Waals surface area contributed by atoms with Gasteiger partial charge in [-0.15, -0.1) is 11.3 Å². The molecule has 4 nitrogen and oxygen atoms in total. The summed E-state index contributed by atoms with van der Waals surface area (Å²) >= 11 is 1.51. The van der Waals surface area contributed by atoms with Crippen LogP contribution in [0.2, 0.25) is 0 Å². The first-order chi connectivity index (χ1) is 10.3. The third kappa shape index (κ3) is 2.47. The smallest absolute Gasteiger partial charge is 0.261 e. The van der Waals surface area contributed by atoms with Gasteiger partial charge in [-0.1, -0.05) is 6.07 Å². The number of pyridine rings is 1. The molecule has 0 spiro atoms. The summed E-state index contributed by atoms with van der Waals surface area (Å²) in [6.45, 7) is 3.35. The maximum Gasteiger partial charge on any atom is 0.261 e. The van der Waals surface area contributed by atoms with Gasteiger partial charge in [-0.05, 0) is 43.1 Å². The van der Waals surface area contributed by atoms with Crippen LogP contribution < -0.4 is 5.32 Å². The highest BCUT2D eigenvalue weighted by atomic mass is 32.1. The Bertz CT molecular complexity index is 655. The van der Waals surface area contributed by atoms with E-state index in [0.717, 1.165) is 28.5 Å². The predicted octanol–water partition coefficient (Wildman–Crippen LogP) is 2.24. The SMILES string of the molecule is O=C(NC1CN2CCC1C2)c1ccc(-c2ccccn2)s1. The van der Waals surface area contributed by atoms with Crippen molar-refractivity contribution in [3.8, 4) is 10.6 Å². The molecule has 0 aliphatic carbocycles. The Hall–Kier alpha value is -1.72. The van der Waals surface area contributed by atoms with E-state index in [1.165, 1.54) is 24.3 Å². The molecule has 4 heterocycles. The molecule has 1 N–H and O–H groups in total. The van der Waals surface area contributed by atoms with Crippen molar-refractivity contribution >= 4 is 17.2 Å². The molecule has 1 amide bonds. The van der Waals surface area contributed by atoms with Gasteiger partial charge in [0.2, 0.25) is 0 Å². The normalized spacial score (nSPS) is 27.0. The molecule has 4 rings (SSSR count). The van der Waals surface area contributed by atoms with E-state index < -0.39 is 0 Å². The van der Waals surface area contributed by atoms with Crippen molar-refractivity contribution < 1.29 is 4.79 Å². The van der Waals surface area contributed by atoms with Crippen LogP contribution in [0.4, 0.5) is 0 Å². The number of fused-ring (bicyclic) bond motifs is 2. The minimum atomic E-state index is 0.0564. The number of piperidine rings is 1. The van der Waals surface area contributed by atoms with Gasteiger partial charge in [0.1, 0.15) is 0 Å². The Morgan fingerprint density at radius 3 is 2.95 bits per heavy atom. The summed E-state index contributed by atoms with van der Waals surface area (Å²) in [7, 11) is 0. The van der Waals surface area contributed by atoms with Gasteiger partial charge in [0, 0.05) is 25.3 Å². The van der Waals surface area contributed by atoms with Crippen molar-refractivity contribution in [1.29, 1.82) is 0 Å². The first-order valence-corrected chi connectivity index (χ1v) is 8.16. The summed E-state index contributed by atoms with van der Waals surface area (Å²) in [5, 5.41) is 3.20. The maximum absolute atomic E-state index is 12.4. The van der Waals surface area contributed by atoms with Gasteiger partial charge in [0.15, 0.2) is 0 Å². The average molecular weight is 299 g/mol. The zero-order valence-electron chi connectivity index (χ0n) is 11.7. The fourth-order valence-electron chi connectivity index (χ4n) is 3.29. The topological polar surface area (TPSA) is 45.2 Å². The monoisotopic (exact) mass is 299 g/mol. The number of aromatic nitrogens is 1. The lowest BCUT2D eigenvalue weighted by atomic mass is 10.00. The molecule has 2 fully saturated rings. The minimum absolute atomic E-state index is 0.0564. The zero-order chi connectivity index (χ0) is 14.2. The van der Waals surface area contributed by atoms with Crippen LogP contribution in [0.15, 0.2) is 36.5 Å². The number of nitrogens with one attached hydrogen (secondary N) is 1. The van der Waals surface area contributed by atoms with Crippen LogP contribution in [-0.2, 0) is 0 Å². The number of thiophene rings is 1. The van der Waals surface area contributed by atoms with E-state index in [1.54, 1.807) is 6.20 Å². The molecule has 2 aromatic heterocycles. The molecule has 3 unspecified atom stereocenters. The van der Waals surface area contributed by atoms with E-state index in [2.05, 4.69) is 15.2 Å². The number of amides is 1. The summed E-state index contributed by atoms with van der Waals surface area (Å²) in [4.78, 5) is 21.0. The fourth-order valence-corrected chi connectivity index (χ4v) is 4.18. The Labute approximate surface area is 127 Å². The van der Waals surface area contributed by atoms with Crippen LogP contribution in [0.5, 0.6) is 0 Å². The molecule has 0 radical (unpaired) electrons. The van der Waals surface area contributed by atoms with Crippen molar-refractivity contribution in [2.75, 3.05) is 19.6 Å². The molecule has 3 atom stereocenters. The van der Waals surface area contributed by atoms with Gasteiger partial charge in [-0.25, -0.2) is 0 Å². The number of nitrogens with zero attached hydrogens (tertiary/aromatic N) is 2. The Kier molecular flexibility index (Phi) is 3.24. The molecule has 2 aliphatic rings. The Morgan fingerprint density at radius 2 is 2.24 bits per heavy atom. The van der Waals surface area contributed by atoms with Crippen molar-refractivity contribution in [2.24, 2.45) is 5.92 Å². The van der Waals surface area contributed by atoms with Crippen LogP contribution >= 0.6 is 11.3 Å². The molecule has 108 valence electrons. The van der Waals surface area contributed by atoms with Gasteiger partial charge in [-0.3, -0.25) is 9.78 Å². The van der Waals surface area contributed by atoms with E-state index >= 15 is 0 Å². The van der Waals surface area contributed by atoms with Crippen LogP contribution in [-0.4, -0.2) is 41.5 Å². The molecule has 5 heteroatoms. The number of hydrogen-bond acceptors (Lipinski definition) is 4. The summed E-state index contributed by atoms with van der Waals surface area (Å²) in [6, 6.07) is 10.0. The fraction of sp³-hybridized carbons (Fsp3) is 0.375. The van der Waals surface area contributed by atoms with Crippen molar-refractivity contribution in [3.63, 3.8) is 0 Å². The van der Waals surface area contributed by atoms with Gasteiger partial charge in [0.05, 0.1) is 15.4 Å². The first kappa shape index (κ1) is 13.0. The van der Waals surface area contributed by atoms with Gasteiger partial charge < -0.3 is 10.2 Å². The molecule has 2 aromatic rings. The standard InChI is InChI=1S/C16H17N3OS/c20-16(18-13-10-19-8-6-11(13)9-19)15-5-4-14(21-15)12-3-1-2-7-17-12/h1-5,7,11,13H,6,8-10H2,(H,18,20). The Morgan fingerprint density at radius 1 is 1.29 bits per heavy atom. The average Bonchev–Trinajstić information content (AvgIpc) is 3.24. The minimum Gasteiger partial charge on any atom is -0.347 e. The highest BCUT2D eigenvalue weighted by molar-refractivity contribution is 7.17. The third-order valence-corrected chi connectivity index (χ3v) is 5.50. The van der Waals surface area contributed by atoms with Crippen LogP contribution in [0, 0.1) is 5.92 Å². The van der Waals surface area contributed by atoms with Crippen LogP contribution in [0.3, 0.4) is 0 Å². The summed E-state index contributed by atoms with van der Waals surface area (Å²) in [5.74, 6) is 0.699. The second-order valence-electron chi connectivity index (χ2n) is 5.77.